The number of H-pyrrole nitrogens is 1. The summed E-state index contributed by atoms with van der Waals surface area (Å²) in [5, 5.41) is 5.99. The zero-order valence-corrected chi connectivity index (χ0v) is 16.7. The van der Waals surface area contributed by atoms with Gasteiger partial charge in [0.1, 0.15) is 10.7 Å². The first-order valence-electron chi connectivity index (χ1n) is 8.87. The number of carbonyl (C=O) groups excluding carboxylic acids is 2. The van der Waals surface area contributed by atoms with E-state index in [1.54, 1.807) is 18.3 Å². The molecule has 0 atom stereocenters. The lowest BCUT2D eigenvalue weighted by molar-refractivity contribution is -0.118. The fourth-order valence-electron chi connectivity index (χ4n) is 2.96. The molecular weight excluding hydrogens is 388 g/mol. The van der Waals surface area contributed by atoms with Crippen molar-refractivity contribution in [3.8, 4) is 0 Å². The minimum atomic E-state index is -0.494. The molecule has 27 heavy (non-hydrogen) atoms. The van der Waals surface area contributed by atoms with E-state index >= 15 is 0 Å². The van der Waals surface area contributed by atoms with Crippen molar-refractivity contribution in [2.75, 3.05) is 25.4 Å². The second-order valence-corrected chi connectivity index (χ2v) is 8.11. The summed E-state index contributed by atoms with van der Waals surface area (Å²) in [5.74, 6) is 1.17. The highest BCUT2D eigenvalue weighted by molar-refractivity contribution is 7.99. The van der Waals surface area contributed by atoms with Crippen LogP contribution in [-0.2, 0) is 28.1 Å². The van der Waals surface area contributed by atoms with Crippen molar-refractivity contribution in [3.63, 3.8) is 0 Å². The van der Waals surface area contributed by atoms with Gasteiger partial charge in [-0.25, -0.2) is 9.78 Å². The lowest BCUT2D eigenvalue weighted by Gasteiger charge is -2.07. The van der Waals surface area contributed by atoms with E-state index < -0.39 is 6.09 Å². The van der Waals surface area contributed by atoms with Crippen molar-refractivity contribution >= 4 is 45.3 Å². The highest BCUT2D eigenvalue weighted by atomic mass is 32.2. The van der Waals surface area contributed by atoms with E-state index in [9.17, 15) is 14.4 Å². The molecule has 10 heteroatoms. The molecule has 2 heterocycles. The Hall–Kier alpha value is -2.07. The summed E-state index contributed by atoms with van der Waals surface area (Å²) in [6.45, 7) is 2.68. The number of hydrogen-bond acceptors (Lipinski definition) is 7. The van der Waals surface area contributed by atoms with E-state index in [0.717, 1.165) is 29.5 Å². The molecule has 0 aromatic carbocycles. The fraction of sp³-hybridized carbons (Fsp3) is 0.529. The predicted octanol–water partition coefficient (Wildman–Crippen LogP) is 1.57. The third-order valence-corrected chi connectivity index (χ3v) is 6.22. The van der Waals surface area contributed by atoms with Gasteiger partial charge in [-0.1, -0.05) is 0 Å². The number of amides is 2. The number of aryl methyl sites for hydroxylation is 2. The van der Waals surface area contributed by atoms with Gasteiger partial charge >= 0.3 is 6.09 Å². The summed E-state index contributed by atoms with van der Waals surface area (Å²) in [6.07, 6.45) is 2.61. The summed E-state index contributed by atoms with van der Waals surface area (Å²) in [6, 6.07) is 0. The van der Waals surface area contributed by atoms with Crippen molar-refractivity contribution in [1.29, 1.82) is 0 Å². The number of thiophene rings is 1. The van der Waals surface area contributed by atoms with Gasteiger partial charge in [0.2, 0.25) is 5.91 Å². The molecule has 0 saturated carbocycles. The average Bonchev–Trinajstić information content (AvgIpc) is 3.19. The number of aromatic amines is 1. The number of nitrogens with one attached hydrogen (secondary N) is 3. The summed E-state index contributed by atoms with van der Waals surface area (Å²) < 4.78 is 4.72. The minimum absolute atomic E-state index is 0.0792. The smallest absolute Gasteiger partial charge is 0.407 e. The van der Waals surface area contributed by atoms with Crippen molar-refractivity contribution in [2.24, 2.45) is 0 Å². The Labute approximate surface area is 164 Å². The Balaban J connectivity index is 1.43. The molecule has 0 radical (unpaired) electrons. The molecular formula is C17H22N4O4S2. The summed E-state index contributed by atoms with van der Waals surface area (Å²) in [5.41, 5.74) is 1.09. The van der Waals surface area contributed by atoms with Crippen molar-refractivity contribution in [3.05, 3.63) is 26.6 Å². The molecule has 0 fully saturated rings. The Morgan fingerprint density at radius 1 is 1.30 bits per heavy atom. The van der Waals surface area contributed by atoms with Gasteiger partial charge in [0.25, 0.3) is 5.56 Å². The normalized spacial score (nSPS) is 12.8. The van der Waals surface area contributed by atoms with Crippen LogP contribution in [0.5, 0.6) is 0 Å². The average molecular weight is 411 g/mol. The van der Waals surface area contributed by atoms with Gasteiger partial charge in [-0.05, 0) is 31.7 Å². The van der Waals surface area contributed by atoms with Crippen molar-refractivity contribution < 1.29 is 14.3 Å². The zero-order valence-electron chi connectivity index (χ0n) is 15.1. The number of carbonyl (C=O) groups is 2. The SMILES string of the molecule is CCOC(=O)NCCNC(=O)CSCc1nc2sc3c(c2c(=O)[nH]1)CCC3. The van der Waals surface area contributed by atoms with Crippen LogP contribution in [0, 0.1) is 0 Å². The molecule has 2 amide bonds. The summed E-state index contributed by atoms with van der Waals surface area (Å²) >= 11 is 2.99. The number of nitrogens with zero attached hydrogens (tertiary/aromatic N) is 1. The van der Waals surface area contributed by atoms with Crippen molar-refractivity contribution in [1.82, 2.24) is 20.6 Å². The molecule has 2 aromatic rings. The van der Waals surface area contributed by atoms with Gasteiger partial charge in [0.05, 0.1) is 23.5 Å². The highest BCUT2D eigenvalue weighted by Crippen LogP contribution is 2.34. The van der Waals surface area contributed by atoms with Crippen LogP contribution in [0.1, 0.15) is 29.6 Å². The predicted molar refractivity (Wildman–Crippen MR) is 106 cm³/mol. The zero-order chi connectivity index (χ0) is 19.2. The second kappa shape index (κ2) is 9.23. The molecule has 0 unspecified atom stereocenters. The van der Waals surface area contributed by atoms with Gasteiger partial charge in [-0.15, -0.1) is 23.1 Å². The topological polar surface area (TPSA) is 113 Å². The van der Waals surface area contributed by atoms with Crippen LogP contribution in [0.3, 0.4) is 0 Å². The van der Waals surface area contributed by atoms with Crippen LogP contribution < -0.4 is 16.2 Å². The monoisotopic (exact) mass is 410 g/mol. The first kappa shape index (κ1) is 19.7. The molecule has 0 bridgehead atoms. The van der Waals surface area contributed by atoms with Crippen LogP contribution in [0.2, 0.25) is 0 Å². The summed E-state index contributed by atoms with van der Waals surface area (Å²) in [7, 11) is 0. The third-order valence-electron chi connectivity index (χ3n) is 4.09. The van der Waals surface area contributed by atoms with E-state index in [0.29, 0.717) is 31.3 Å². The quantitative estimate of drug-likeness (QED) is 0.570. The van der Waals surface area contributed by atoms with E-state index in [1.165, 1.54) is 22.2 Å². The lowest BCUT2D eigenvalue weighted by Crippen LogP contribution is -2.35. The molecule has 2 aromatic heterocycles. The molecule has 0 saturated heterocycles. The Bertz CT molecular complexity index is 893. The number of ether oxygens (including phenoxy) is 1. The van der Waals surface area contributed by atoms with Gasteiger partial charge in [0.15, 0.2) is 0 Å². The van der Waals surface area contributed by atoms with E-state index in [1.807, 2.05) is 0 Å². The number of hydrogen-bond donors (Lipinski definition) is 3. The van der Waals surface area contributed by atoms with E-state index in [-0.39, 0.29) is 17.2 Å². The Morgan fingerprint density at radius 3 is 2.93 bits per heavy atom. The second-order valence-electron chi connectivity index (χ2n) is 6.04. The van der Waals surface area contributed by atoms with Crippen LogP contribution in [0.25, 0.3) is 10.2 Å². The highest BCUT2D eigenvalue weighted by Gasteiger charge is 2.21. The van der Waals surface area contributed by atoms with Crippen molar-refractivity contribution in [2.45, 2.75) is 31.9 Å². The van der Waals surface area contributed by atoms with Gasteiger partial charge in [-0.3, -0.25) is 9.59 Å². The Kier molecular flexibility index (Phi) is 6.73. The van der Waals surface area contributed by atoms with Gasteiger partial charge < -0.3 is 20.4 Å². The van der Waals surface area contributed by atoms with Crippen LogP contribution in [-0.4, -0.2) is 47.4 Å². The molecule has 1 aliphatic rings. The molecule has 0 aliphatic heterocycles. The molecule has 146 valence electrons. The largest absolute Gasteiger partial charge is 0.450 e. The molecule has 3 N–H and O–H groups in total. The number of aromatic nitrogens is 2. The standard InChI is InChI=1S/C17H22N4O4S2/c1-2-25-17(24)19-7-6-18-13(22)9-26-8-12-20-15(23)14-10-4-3-5-11(10)27-16(14)21-12/h2-9H2,1H3,(H,18,22)(H,19,24)(H,20,21,23). The number of rotatable bonds is 8. The molecule has 8 nitrogen and oxygen atoms in total. The van der Waals surface area contributed by atoms with E-state index in [2.05, 4.69) is 20.6 Å². The lowest BCUT2D eigenvalue weighted by atomic mass is 10.2. The fourth-order valence-corrected chi connectivity index (χ4v) is 4.96. The minimum Gasteiger partial charge on any atom is -0.450 e. The third kappa shape index (κ3) is 5.01. The van der Waals surface area contributed by atoms with Crippen LogP contribution >= 0.6 is 23.1 Å². The first-order chi connectivity index (χ1) is 13.1. The maximum absolute atomic E-state index is 12.4. The summed E-state index contributed by atoms with van der Waals surface area (Å²) in [4.78, 5) is 44.8. The number of alkyl carbamates (subject to hydrolysis) is 1. The van der Waals surface area contributed by atoms with Gasteiger partial charge in [-0.2, -0.15) is 0 Å². The number of thioether (sulfide) groups is 1. The van der Waals surface area contributed by atoms with Crippen LogP contribution in [0.4, 0.5) is 4.79 Å². The first-order valence-corrected chi connectivity index (χ1v) is 10.8. The van der Waals surface area contributed by atoms with E-state index in [4.69, 9.17) is 4.74 Å². The molecule has 0 spiro atoms. The van der Waals surface area contributed by atoms with Gasteiger partial charge in [0, 0.05) is 18.0 Å². The maximum atomic E-state index is 12.4. The molecule has 1 aliphatic carbocycles. The van der Waals surface area contributed by atoms with Crippen LogP contribution in [0.15, 0.2) is 4.79 Å². The number of fused-ring (bicyclic) bond motifs is 3. The Morgan fingerprint density at radius 2 is 2.11 bits per heavy atom. The maximum Gasteiger partial charge on any atom is 0.407 e. The molecule has 3 rings (SSSR count).